The van der Waals surface area contributed by atoms with Gasteiger partial charge in [0.05, 0.1) is 6.04 Å². The summed E-state index contributed by atoms with van der Waals surface area (Å²) in [6, 6.07) is 0.111. The van der Waals surface area contributed by atoms with Crippen molar-refractivity contribution in [3.8, 4) is 0 Å². The molecule has 0 bridgehead atoms. The Bertz CT molecular complexity index is 202. The van der Waals surface area contributed by atoms with E-state index in [1.807, 2.05) is 21.0 Å². The number of hydrogen-bond acceptors (Lipinski definition) is 4. The van der Waals surface area contributed by atoms with Crippen LogP contribution in [0, 0.1) is 0 Å². The van der Waals surface area contributed by atoms with Gasteiger partial charge in [0.1, 0.15) is 0 Å². The maximum absolute atomic E-state index is 11.8. The molecule has 2 atom stereocenters. The summed E-state index contributed by atoms with van der Waals surface area (Å²) in [6.45, 7) is 5.41. The molecule has 1 fully saturated rings. The number of carbonyl (C=O) groups excluding carboxylic acids is 1. The minimum atomic E-state index is -0.0802. The van der Waals surface area contributed by atoms with E-state index in [1.54, 1.807) is 0 Å². The van der Waals surface area contributed by atoms with Gasteiger partial charge in [0, 0.05) is 32.2 Å². The van der Waals surface area contributed by atoms with Crippen LogP contribution in [0.2, 0.25) is 0 Å². The fourth-order valence-electron chi connectivity index (χ4n) is 1.78. The van der Waals surface area contributed by atoms with Crippen LogP contribution in [0.1, 0.15) is 6.92 Å². The van der Waals surface area contributed by atoms with Crippen LogP contribution in [0.5, 0.6) is 0 Å². The number of likely N-dealkylation sites (N-methyl/N-ethyl adjacent to an activating group) is 1. The maximum Gasteiger partial charge on any atom is 0.238 e. The molecule has 1 aliphatic rings. The zero-order chi connectivity index (χ0) is 11.3. The molecule has 15 heavy (non-hydrogen) atoms. The summed E-state index contributed by atoms with van der Waals surface area (Å²) >= 11 is 0. The Balaban J connectivity index is 2.27. The average molecular weight is 214 g/mol. The summed E-state index contributed by atoms with van der Waals surface area (Å²) in [4.78, 5) is 13.8. The summed E-state index contributed by atoms with van der Waals surface area (Å²) in [6.07, 6.45) is 0. The lowest BCUT2D eigenvalue weighted by Gasteiger charge is -2.26. The normalized spacial score (nSPS) is 23.9. The monoisotopic (exact) mass is 214 g/mol. The number of hydrogen-bond donors (Lipinski definition) is 3. The number of piperazine rings is 1. The Morgan fingerprint density at radius 1 is 1.53 bits per heavy atom. The number of carbonyl (C=O) groups is 1. The molecule has 0 saturated carbocycles. The van der Waals surface area contributed by atoms with Crippen LogP contribution < -0.4 is 16.0 Å². The zero-order valence-electron chi connectivity index (χ0n) is 9.84. The highest BCUT2D eigenvalue weighted by Gasteiger charge is 2.21. The number of nitrogens with zero attached hydrogens (tertiary/aromatic N) is 1. The van der Waals surface area contributed by atoms with Crippen LogP contribution in [-0.2, 0) is 4.79 Å². The van der Waals surface area contributed by atoms with Gasteiger partial charge < -0.3 is 20.9 Å². The smallest absolute Gasteiger partial charge is 0.238 e. The third kappa shape index (κ3) is 4.59. The molecule has 1 heterocycles. The van der Waals surface area contributed by atoms with Crippen molar-refractivity contribution in [2.75, 3.05) is 40.3 Å². The number of rotatable bonds is 4. The molecule has 5 nitrogen and oxygen atoms in total. The highest BCUT2D eigenvalue weighted by molar-refractivity contribution is 5.82. The Morgan fingerprint density at radius 3 is 2.80 bits per heavy atom. The summed E-state index contributed by atoms with van der Waals surface area (Å²) in [7, 11) is 4.01. The number of nitrogens with one attached hydrogen (secondary N) is 3. The van der Waals surface area contributed by atoms with Crippen LogP contribution in [0.3, 0.4) is 0 Å². The van der Waals surface area contributed by atoms with Gasteiger partial charge in [0.2, 0.25) is 5.91 Å². The summed E-state index contributed by atoms with van der Waals surface area (Å²) in [5, 5.41) is 9.38. The molecular formula is C10H22N4O. The van der Waals surface area contributed by atoms with Gasteiger partial charge in [-0.1, -0.05) is 0 Å². The van der Waals surface area contributed by atoms with E-state index in [2.05, 4.69) is 20.9 Å². The summed E-state index contributed by atoms with van der Waals surface area (Å²) < 4.78 is 0. The van der Waals surface area contributed by atoms with Crippen molar-refractivity contribution >= 4 is 5.91 Å². The molecule has 1 amide bonds. The lowest BCUT2D eigenvalue weighted by atomic mass is 10.2. The van der Waals surface area contributed by atoms with Crippen LogP contribution in [-0.4, -0.2) is 63.2 Å². The third-order valence-corrected chi connectivity index (χ3v) is 2.39. The summed E-state index contributed by atoms with van der Waals surface area (Å²) in [5.41, 5.74) is 0. The SMILES string of the molecule is CC(CN(C)C)NC(=O)C1CNCCN1. The van der Waals surface area contributed by atoms with E-state index in [-0.39, 0.29) is 18.0 Å². The molecule has 5 heteroatoms. The molecule has 1 aliphatic heterocycles. The molecule has 3 N–H and O–H groups in total. The second kappa shape index (κ2) is 6.05. The van der Waals surface area contributed by atoms with E-state index >= 15 is 0 Å². The molecule has 2 unspecified atom stereocenters. The van der Waals surface area contributed by atoms with Crippen molar-refractivity contribution < 1.29 is 4.79 Å². The molecule has 88 valence electrons. The van der Waals surface area contributed by atoms with Crippen LogP contribution >= 0.6 is 0 Å². The molecule has 1 saturated heterocycles. The van der Waals surface area contributed by atoms with E-state index in [0.717, 1.165) is 26.2 Å². The van der Waals surface area contributed by atoms with Crippen molar-refractivity contribution in [3.63, 3.8) is 0 Å². The average Bonchev–Trinajstić information content (AvgIpc) is 2.17. The predicted molar refractivity (Wildman–Crippen MR) is 60.8 cm³/mol. The Labute approximate surface area is 91.6 Å². The highest BCUT2D eigenvalue weighted by atomic mass is 16.2. The molecule has 0 radical (unpaired) electrons. The standard InChI is InChI=1S/C10H22N4O/c1-8(7-14(2)3)13-10(15)9-6-11-4-5-12-9/h8-9,11-12H,4-7H2,1-3H3,(H,13,15). The molecular weight excluding hydrogens is 192 g/mol. The molecule has 0 aromatic heterocycles. The van der Waals surface area contributed by atoms with Gasteiger partial charge in [-0.3, -0.25) is 4.79 Å². The highest BCUT2D eigenvalue weighted by Crippen LogP contribution is 1.91. The zero-order valence-corrected chi connectivity index (χ0v) is 9.84. The largest absolute Gasteiger partial charge is 0.351 e. The molecule has 0 spiro atoms. The fourth-order valence-corrected chi connectivity index (χ4v) is 1.78. The van der Waals surface area contributed by atoms with Crippen LogP contribution in [0.4, 0.5) is 0 Å². The van der Waals surface area contributed by atoms with E-state index in [0.29, 0.717) is 0 Å². The van der Waals surface area contributed by atoms with Crippen molar-refractivity contribution in [2.24, 2.45) is 0 Å². The van der Waals surface area contributed by atoms with Gasteiger partial charge in [0.25, 0.3) is 0 Å². The van der Waals surface area contributed by atoms with E-state index < -0.39 is 0 Å². The first-order valence-electron chi connectivity index (χ1n) is 5.49. The lowest BCUT2D eigenvalue weighted by Crippen LogP contribution is -2.57. The second-order valence-corrected chi connectivity index (χ2v) is 4.38. The maximum atomic E-state index is 11.8. The van der Waals surface area contributed by atoms with Crippen molar-refractivity contribution in [1.82, 2.24) is 20.9 Å². The molecule has 0 aliphatic carbocycles. The minimum Gasteiger partial charge on any atom is -0.351 e. The topological polar surface area (TPSA) is 56.4 Å². The molecule has 1 rings (SSSR count). The minimum absolute atomic E-state index is 0.0802. The van der Waals surface area contributed by atoms with Gasteiger partial charge in [-0.05, 0) is 21.0 Å². The lowest BCUT2D eigenvalue weighted by molar-refractivity contribution is -0.124. The van der Waals surface area contributed by atoms with Crippen molar-refractivity contribution in [3.05, 3.63) is 0 Å². The van der Waals surface area contributed by atoms with Gasteiger partial charge in [-0.25, -0.2) is 0 Å². The van der Waals surface area contributed by atoms with E-state index in [1.165, 1.54) is 0 Å². The van der Waals surface area contributed by atoms with Crippen molar-refractivity contribution in [1.29, 1.82) is 0 Å². The van der Waals surface area contributed by atoms with Crippen molar-refractivity contribution in [2.45, 2.75) is 19.0 Å². The van der Waals surface area contributed by atoms with Gasteiger partial charge in [0.15, 0.2) is 0 Å². The first kappa shape index (κ1) is 12.4. The van der Waals surface area contributed by atoms with Gasteiger partial charge >= 0.3 is 0 Å². The third-order valence-electron chi connectivity index (χ3n) is 2.39. The molecule has 0 aromatic carbocycles. The van der Waals surface area contributed by atoms with Crippen LogP contribution in [0.25, 0.3) is 0 Å². The fraction of sp³-hybridized carbons (Fsp3) is 0.900. The van der Waals surface area contributed by atoms with E-state index in [9.17, 15) is 4.79 Å². The van der Waals surface area contributed by atoms with Gasteiger partial charge in [-0.15, -0.1) is 0 Å². The molecule has 0 aromatic rings. The summed E-state index contributed by atoms with van der Waals surface area (Å²) in [5.74, 6) is 0.0940. The number of amides is 1. The Morgan fingerprint density at radius 2 is 2.27 bits per heavy atom. The second-order valence-electron chi connectivity index (χ2n) is 4.38. The first-order chi connectivity index (χ1) is 7.09. The van der Waals surface area contributed by atoms with E-state index in [4.69, 9.17) is 0 Å². The van der Waals surface area contributed by atoms with Gasteiger partial charge in [-0.2, -0.15) is 0 Å². The Hall–Kier alpha value is -0.650. The Kier molecular flexibility index (Phi) is 5.01. The quantitative estimate of drug-likeness (QED) is 0.539. The van der Waals surface area contributed by atoms with Crippen LogP contribution in [0.15, 0.2) is 0 Å². The first-order valence-corrected chi connectivity index (χ1v) is 5.49. The predicted octanol–water partition coefficient (Wildman–Crippen LogP) is -1.39.